The van der Waals surface area contributed by atoms with Crippen molar-refractivity contribution in [2.75, 3.05) is 33.9 Å². The van der Waals surface area contributed by atoms with Crippen LogP contribution in [0.15, 0.2) is 41.5 Å². The van der Waals surface area contributed by atoms with Crippen molar-refractivity contribution >= 4 is 23.5 Å². The second-order valence-electron chi connectivity index (χ2n) is 9.98. The molecule has 1 N–H and O–H groups in total. The highest BCUT2D eigenvalue weighted by Crippen LogP contribution is 2.37. The summed E-state index contributed by atoms with van der Waals surface area (Å²) in [5, 5.41) is 15.2. The molecule has 1 saturated heterocycles. The Bertz CT molecular complexity index is 1280. The van der Waals surface area contributed by atoms with Crippen LogP contribution in [0.2, 0.25) is 0 Å². The maximum atomic E-state index is 13.4. The Balaban J connectivity index is 1.48. The van der Waals surface area contributed by atoms with Gasteiger partial charge < -0.3 is 24.2 Å². The Morgan fingerprint density at radius 3 is 2.37 bits per heavy atom. The zero-order valence-electron chi connectivity index (χ0n) is 22.3. The van der Waals surface area contributed by atoms with Crippen LogP contribution in [-0.2, 0) is 9.59 Å². The molecule has 0 spiro atoms. The molecule has 10 nitrogen and oxygen atoms in total. The van der Waals surface area contributed by atoms with Crippen molar-refractivity contribution in [3.05, 3.63) is 53.1 Å². The summed E-state index contributed by atoms with van der Waals surface area (Å²) in [7, 11) is 3.14. The molecule has 202 valence electrons. The van der Waals surface area contributed by atoms with Gasteiger partial charge in [-0.2, -0.15) is 5.10 Å². The number of hydrazone groups is 1. The maximum Gasteiger partial charge on any atom is 0.341 e. The predicted molar refractivity (Wildman–Crippen MR) is 140 cm³/mol. The number of methoxy groups -OCH3 is 2. The number of aliphatic carboxylic acids is 1. The molecule has 2 aromatic rings. The SMILES string of the molecule is COc1ccc(C2=NN(C3CCN(C(=O)c4cc(OCC(=O)O)ccc4C)CC3)C(=O)C2(C)C)cc1OC. The van der Waals surface area contributed by atoms with Crippen molar-refractivity contribution in [3.8, 4) is 17.2 Å². The van der Waals surface area contributed by atoms with Crippen molar-refractivity contribution in [2.45, 2.75) is 39.7 Å². The molecule has 2 amide bonds. The number of carbonyl (C=O) groups excluding carboxylic acids is 2. The molecule has 0 aromatic heterocycles. The summed E-state index contributed by atoms with van der Waals surface area (Å²) in [6.07, 6.45) is 1.18. The number of hydrogen-bond donors (Lipinski definition) is 1. The molecule has 2 aliphatic heterocycles. The lowest BCUT2D eigenvalue weighted by Crippen LogP contribution is -2.47. The number of carboxylic acid groups (broad SMARTS) is 1. The van der Waals surface area contributed by atoms with Crippen molar-refractivity contribution in [1.82, 2.24) is 9.91 Å². The molecule has 0 unspecified atom stereocenters. The summed E-state index contributed by atoms with van der Waals surface area (Å²) in [6.45, 7) is 6.02. The molecule has 10 heteroatoms. The van der Waals surface area contributed by atoms with Crippen molar-refractivity contribution in [1.29, 1.82) is 0 Å². The number of benzene rings is 2. The van der Waals surface area contributed by atoms with Gasteiger partial charge in [0.2, 0.25) is 0 Å². The highest BCUT2D eigenvalue weighted by molar-refractivity contribution is 6.19. The monoisotopic (exact) mass is 523 g/mol. The van der Waals surface area contributed by atoms with E-state index in [2.05, 4.69) is 0 Å². The molecule has 1 fully saturated rings. The van der Waals surface area contributed by atoms with Crippen LogP contribution in [-0.4, -0.2) is 78.5 Å². The van der Waals surface area contributed by atoms with E-state index in [0.717, 1.165) is 11.1 Å². The fraction of sp³-hybridized carbons (Fsp3) is 0.429. The lowest BCUT2D eigenvalue weighted by atomic mass is 9.83. The molecule has 0 saturated carbocycles. The minimum atomic E-state index is -1.09. The van der Waals surface area contributed by atoms with Crippen molar-refractivity contribution < 1.29 is 33.7 Å². The van der Waals surface area contributed by atoms with Gasteiger partial charge in [0.15, 0.2) is 18.1 Å². The summed E-state index contributed by atoms with van der Waals surface area (Å²) in [5.74, 6) is 0.182. The van der Waals surface area contributed by atoms with E-state index in [0.29, 0.717) is 54.5 Å². The molecule has 0 atom stereocenters. The molecule has 2 aromatic carbocycles. The van der Waals surface area contributed by atoms with Crippen LogP contribution in [0.3, 0.4) is 0 Å². The van der Waals surface area contributed by atoms with E-state index < -0.39 is 18.0 Å². The highest BCUT2D eigenvalue weighted by atomic mass is 16.5. The number of rotatable bonds is 8. The summed E-state index contributed by atoms with van der Waals surface area (Å²) in [6, 6.07) is 10.3. The predicted octanol–water partition coefficient (Wildman–Crippen LogP) is 3.35. The zero-order valence-corrected chi connectivity index (χ0v) is 22.3. The summed E-state index contributed by atoms with van der Waals surface area (Å²) in [5.41, 5.74) is 1.88. The van der Waals surface area contributed by atoms with Gasteiger partial charge in [-0.1, -0.05) is 6.07 Å². The fourth-order valence-electron chi connectivity index (χ4n) is 4.87. The van der Waals surface area contributed by atoms with Crippen LogP contribution in [0.25, 0.3) is 0 Å². The van der Waals surface area contributed by atoms with Gasteiger partial charge >= 0.3 is 5.97 Å². The first kappa shape index (κ1) is 27.0. The van der Waals surface area contributed by atoms with Crippen LogP contribution in [0.4, 0.5) is 0 Å². The first-order chi connectivity index (χ1) is 18.1. The Morgan fingerprint density at radius 1 is 1.05 bits per heavy atom. The van der Waals surface area contributed by atoms with Gasteiger partial charge in [0.1, 0.15) is 5.75 Å². The fourth-order valence-corrected chi connectivity index (χ4v) is 4.87. The van der Waals surface area contributed by atoms with Crippen LogP contribution >= 0.6 is 0 Å². The Kier molecular flexibility index (Phi) is 7.61. The molecule has 0 radical (unpaired) electrons. The van der Waals surface area contributed by atoms with Gasteiger partial charge in [-0.05, 0) is 69.5 Å². The van der Waals surface area contributed by atoms with Gasteiger partial charge in [-0.3, -0.25) is 9.59 Å². The van der Waals surface area contributed by atoms with E-state index in [1.807, 2.05) is 32.9 Å². The van der Waals surface area contributed by atoms with Crippen LogP contribution in [0.1, 0.15) is 48.2 Å². The van der Waals surface area contributed by atoms with E-state index in [4.69, 9.17) is 24.4 Å². The largest absolute Gasteiger partial charge is 0.493 e. The van der Waals surface area contributed by atoms with Gasteiger partial charge in [0, 0.05) is 24.2 Å². The number of amides is 2. The molecule has 38 heavy (non-hydrogen) atoms. The number of ether oxygens (including phenoxy) is 3. The summed E-state index contributed by atoms with van der Waals surface area (Å²) in [4.78, 5) is 39.3. The third kappa shape index (κ3) is 5.16. The number of nitrogens with zero attached hydrogens (tertiary/aromatic N) is 3. The lowest BCUT2D eigenvalue weighted by Gasteiger charge is -2.35. The third-order valence-electron chi connectivity index (χ3n) is 7.10. The number of likely N-dealkylation sites (tertiary alicyclic amines) is 1. The van der Waals surface area contributed by atoms with Crippen LogP contribution in [0, 0.1) is 12.3 Å². The van der Waals surface area contributed by atoms with Crippen molar-refractivity contribution in [3.63, 3.8) is 0 Å². The summed E-state index contributed by atoms with van der Waals surface area (Å²) < 4.78 is 16.0. The lowest BCUT2D eigenvalue weighted by molar-refractivity contribution is -0.139. The average molecular weight is 524 g/mol. The maximum absolute atomic E-state index is 13.4. The van der Waals surface area contributed by atoms with E-state index in [1.54, 1.807) is 48.4 Å². The van der Waals surface area contributed by atoms with Crippen LogP contribution in [0.5, 0.6) is 17.2 Å². The molecule has 4 rings (SSSR count). The van der Waals surface area contributed by atoms with Gasteiger partial charge in [-0.25, -0.2) is 9.80 Å². The second-order valence-corrected chi connectivity index (χ2v) is 9.98. The Morgan fingerprint density at radius 2 is 1.74 bits per heavy atom. The average Bonchev–Trinajstić information content (AvgIpc) is 3.15. The van der Waals surface area contributed by atoms with E-state index in [1.165, 1.54) is 0 Å². The molecular weight excluding hydrogens is 490 g/mol. The van der Waals surface area contributed by atoms with Crippen LogP contribution < -0.4 is 14.2 Å². The third-order valence-corrected chi connectivity index (χ3v) is 7.10. The molecule has 0 aliphatic carbocycles. The zero-order chi connectivity index (χ0) is 27.6. The first-order valence-corrected chi connectivity index (χ1v) is 12.5. The molecule has 0 bridgehead atoms. The minimum absolute atomic E-state index is 0.0776. The Labute approximate surface area is 221 Å². The first-order valence-electron chi connectivity index (χ1n) is 12.5. The topological polar surface area (TPSA) is 118 Å². The van der Waals surface area contributed by atoms with E-state index in [-0.39, 0.29) is 17.9 Å². The second kappa shape index (κ2) is 10.7. The number of carboxylic acids is 1. The minimum Gasteiger partial charge on any atom is -0.493 e. The van der Waals surface area contributed by atoms with Gasteiger partial charge in [0.05, 0.1) is 31.4 Å². The van der Waals surface area contributed by atoms with E-state index in [9.17, 15) is 14.4 Å². The van der Waals surface area contributed by atoms with Gasteiger partial charge in [-0.15, -0.1) is 0 Å². The highest BCUT2D eigenvalue weighted by Gasteiger charge is 2.47. The number of hydrogen-bond acceptors (Lipinski definition) is 7. The Hall–Kier alpha value is -4.08. The number of carbonyl (C=O) groups is 3. The van der Waals surface area contributed by atoms with Crippen molar-refractivity contribution in [2.24, 2.45) is 10.5 Å². The van der Waals surface area contributed by atoms with E-state index >= 15 is 0 Å². The quantitative estimate of drug-likeness (QED) is 0.564. The molecule has 2 aliphatic rings. The normalized spacial score (nSPS) is 17.3. The standard InChI is InChI=1S/C28H33N3O7/c1-17-6-8-20(38-16-24(32)33)15-21(17)26(34)30-12-10-19(11-13-30)31-27(35)28(2,3)25(29-31)18-7-9-22(36-4)23(14-18)37-5/h6-9,14-15,19H,10-13,16H2,1-5H3,(H,32,33). The molecular formula is C28H33N3O7. The number of aryl methyl sites for hydroxylation is 1. The van der Waals surface area contributed by atoms with Gasteiger partial charge in [0.25, 0.3) is 11.8 Å². The number of piperidine rings is 1. The molecule has 2 heterocycles. The smallest absolute Gasteiger partial charge is 0.341 e. The summed E-state index contributed by atoms with van der Waals surface area (Å²) >= 11 is 0.